The highest BCUT2D eigenvalue weighted by Gasteiger charge is 2.33. The fourth-order valence-electron chi connectivity index (χ4n) is 1.60. The summed E-state index contributed by atoms with van der Waals surface area (Å²) >= 11 is 0. The van der Waals surface area contributed by atoms with Crippen molar-refractivity contribution in [2.75, 3.05) is 13.1 Å². The normalized spacial score (nSPS) is 16.2. The van der Waals surface area contributed by atoms with Crippen LogP contribution < -0.4 is 0 Å². The molecule has 1 aliphatic rings. The lowest BCUT2D eigenvalue weighted by Gasteiger charge is -2.36. The Morgan fingerprint density at radius 3 is 2.93 bits per heavy atom. The third kappa shape index (κ3) is 1.56. The fourth-order valence-corrected chi connectivity index (χ4v) is 1.60. The molecule has 0 aliphatic carbocycles. The molecular weight excluding hydrogens is 200 g/mol. The molecule has 1 aliphatic heterocycles. The molecule has 1 amide bonds. The van der Waals surface area contributed by atoms with E-state index < -0.39 is 4.92 Å². The van der Waals surface area contributed by atoms with Gasteiger partial charge in [-0.1, -0.05) is 6.92 Å². The van der Waals surface area contributed by atoms with Gasteiger partial charge >= 0.3 is 5.69 Å². The molecule has 1 saturated heterocycles. The molecule has 0 saturated carbocycles. The van der Waals surface area contributed by atoms with Gasteiger partial charge in [-0.15, -0.1) is 0 Å². The van der Waals surface area contributed by atoms with E-state index in [1.54, 1.807) is 4.90 Å². The highest BCUT2D eigenvalue weighted by molar-refractivity contribution is 5.96. The van der Waals surface area contributed by atoms with E-state index in [9.17, 15) is 14.9 Å². The van der Waals surface area contributed by atoms with Crippen molar-refractivity contribution in [2.24, 2.45) is 5.92 Å². The van der Waals surface area contributed by atoms with Gasteiger partial charge in [0.2, 0.25) is 5.69 Å². The predicted molar refractivity (Wildman–Crippen MR) is 50.3 cm³/mol. The Hall–Kier alpha value is -1.92. The first-order valence-electron chi connectivity index (χ1n) is 4.56. The zero-order valence-electron chi connectivity index (χ0n) is 8.14. The summed E-state index contributed by atoms with van der Waals surface area (Å²) in [6.07, 6.45) is 1.05. The van der Waals surface area contributed by atoms with Crippen LogP contribution in [0.1, 0.15) is 17.4 Å². The van der Waals surface area contributed by atoms with Crippen molar-refractivity contribution in [2.45, 2.75) is 6.92 Å². The average Bonchev–Trinajstić information content (AvgIpc) is 2.60. The number of hydrogen-bond donors (Lipinski definition) is 1. The van der Waals surface area contributed by atoms with E-state index in [-0.39, 0.29) is 17.3 Å². The quantitative estimate of drug-likeness (QED) is 0.565. The Kier molecular flexibility index (Phi) is 2.14. The second kappa shape index (κ2) is 3.34. The molecule has 1 aromatic rings. The molecule has 7 nitrogen and oxygen atoms in total. The predicted octanol–water partition coefficient (Wildman–Crippen LogP) is 0.410. The lowest BCUT2D eigenvalue weighted by atomic mass is 10.0. The lowest BCUT2D eigenvalue weighted by molar-refractivity contribution is -0.385. The molecule has 0 radical (unpaired) electrons. The number of carbonyl (C=O) groups is 1. The van der Waals surface area contributed by atoms with Crippen molar-refractivity contribution < 1.29 is 9.72 Å². The molecule has 0 bridgehead atoms. The molecule has 0 unspecified atom stereocenters. The van der Waals surface area contributed by atoms with E-state index in [2.05, 4.69) is 10.2 Å². The number of aromatic nitrogens is 2. The Balaban J connectivity index is 2.19. The van der Waals surface area contributed by atoms with E-state index >= 15 is 0 Å². The van der Waals surface area contributed by atoms with E-state index in [0.717, 1.165) is 6.20 Å². The zero-order valence-corrected chi connectivity index (χ0v) is 8.14. The molecular formula is C8H10N4O3. The Morgan fingerprint density at radius 2 is 2.40 bits per heavy atom. The van der Waals surface area contributed by atoms with Crippen LogP contribution in [0.25, 0.3) is 0 Å². The summed E-state index contributed by atoms with van der Waals surface area (Å²) in [6, 6.07) is 0. The van der Waals surface area contributed by atoms with Crippen molar-refractivity contribution in [1.82, 2.24) is 15.1 Å². The molecule has 15 heavy (non-hydrogen) atoms. The van der Waals surface area contributed by atoms with Crippen LogP contribution >= 0.6 is 0 Å². The summed E-state index contributed by atoms with van der Waals surface area (Å²) in [5.74, 6) is 0.119. The number of carbonyl (C=O) groups excluding carboxylic acids is 1. The van der Waals surface area contributed by atoms with Gasteiger partial charge in [0, 0.05) is 13.1 Å². The molecule has 1 fully saturated rings. The van der Waals surface area contributed by atoms with Crippen LogP contribution in [-0.2, 0) is 0 Å². The van der Waals surface area contributed by atoms with Crippen LogP contribution in [0.5, 0.6) is 0 Å². The van der Waals surface area contributed by atoms with Crippen molar-refractivity contribution in [3.05, 3.63) is 22.0 Å². The minimum atomic E-state index is -0.611. The van der Waals surface area contributed by atoms with E-state index in [1.165, 1.54) is 0 Å². The standard InChI is InChI=1S/C8H10N4O3/c1-5-3-11(4-5)8(13)7-6(12(14)15)2-9-10-7/h2,5H,3-4H2,1H3,(H,9,10). The van der Waals surface area contributed by atoms with Crippen LogP contribution in [0.2, 0.25) is 0 Å². The van der Waals surface area contributed by atoms with Gasteiger partial charge in [-0.05, 0) is 5.92 Å². The summed E-state index contributed by atoms with van der Waals surface area (Å²) < 4.78 is 0. The maximum atomic E-state index is 11.7. The van der Waals surface area contributed by atoms with Crippen LogP contribution in [0.3, 0.4) is 0 Å². The molecule has 2 heterocycles. The Bertz CT molecular complexity index is 408. The minimum Gasteiger partial charge on any atom is -0.336 e. The zero-order chi connectivity index (χ0) is 11.0. The SMILES string of the molecule is CC1CN(C(=O)c2[nH]ncc2[N+](=O)[O-])C1. The Labute approximate surface area is 85.2 Å². The summed E-state index contributed by atoms with van der Waals surface area (Å²) in [7, 11) is 0. The van der Waals surface area contributed by atoms with Gasteiger partial charge in [-0.25, -0.2) is 0 Å². The fraction of sp³-hybridized carbons (Fsp3) is 0.500. The third-order valence-corrected chi connectivity index (χ3v) is 2.38. The van der Waals surface area contributed by atoms with Crippen molar-refractivity contribution in [1.29, 1.82) is 0 Å². The highest BCUT2D eigenvalue weighted by atomic mass is 16.6. The molecule has 80 valence electrons. The second-order valence-corrected chi connectivity index (χ2v) is 3.70. The van der Waals surface area contributed by atoms with Crippen molar-refractivity contribution in [3.8, 4) is 0 Å². The van der Waals surface area contributed by atoms with Gasteiger partial charge in [-0.3, -0.25) is 20.0 Å². The van der Waals surface area contributed by atoms with Crippen molar-refractivity contribution >= 4 is 11.6 Å². The van der Waals surface area contributed by atoms with E-state index in [0.29, 0.717) is 19.0 Å². The number of rotatable bonds is 2. The van der Waals surface area contributed by atoms with Crippen molar-refractivity contribution in [3.63, 3.8) is 0 Å². The first-order valence-corrected chi connectivity index (χ1v) is 4.56. The number of nitrogens with zero attached hydrogens (tertiary/aromatic N) is 3. The average molecular weight is 210 g/mol. The van der Waals surface area contributed by atoms with Gasteiger partial charge in [0.1, 0.15) is 6.20 Å². The molecule has 0 atom stereocenters. The molecule has 0 spiro atoms. The maximum Gasteiger partial charge on any atom is 0.319 e. The Morgan fingerprint density at radius 1 is 1.73 bits per heavy atom. The molecule has 2 rings (SSSR count). The van der Waals surface area contributed by atoms with Crippen LogP contribution in [0.4, 0.5) is 5.69 Å². The van der Waals surface area contributed by atoms with Gasteiger partial charge in [0.05, 0.1) is 4.92 Å². The van der Waals surface area contributed by atoms with Crippen LogP contribution in [0.15, 0.2) is 6.20 Å². The summed E-state index contributed by atoms with van der Waals surface area (Å²) in [6.45, 7) is 3.31. The highest BCUT2D eigenvalue weighted by Crippen LogP contribution is 2.21. The van der Waals surface area contributed by atoms with Crippen LogP contribution in [0, 0.1) is 16.0 Å². The molecule has 1 aromatic heterocycles. The number of likely N-dealkylation sites (tertiary alicyclic amines) is 1. The first-order chi connectivity index (χ1) is 7.09. The number of amides is 1. The van der Waals surface area contributed by atoms with E-state index in [1.807, 2.05) is 6.92 Å². The summed E-state index contributed by atoms with van der Waals surface area (Å²) in [4.78, 5) is 23.2. The summed E-state index contributed by atoms with van der Waals surface area (Å²) in [5.41, 5.74) is -0.300. The largest absolute Gasteiger partial charge is 0.336 e. The smallest absolute Gasteiger partial charge is 0.319 e. The van der Waals surface area contributed by atoms with Gasteiger partial charge in [0.15, 0.2) is 0 Å². The number of nitrogens with one attached hydrogen (secondary N) is 1. The van der Waals surface area contributed by atoms with Gasteiger partial charge in [0.25, 0.3) is 5.91 Å². The number of hydrogen-bond acceptors (Lipinski definition) is 4. The number of aromatic amines is 1. The molecule has 7 heteroatoms. The minimum absolute atomic E-state index is 0.0353. The maximum absolute atomic E-state index is 11.7. The second-order valence-electron chi connectivity index (χ2n) is 3.70. The van der Waals surface area contributed by atoms with Gasteiger partial charge < -0.3 is 4.90 Å². The number of nitro groups is 1. The third-order valence-electron chi connectivity index (χ3n) is 2.38. The number of H-pyrrole nitrogens is 1. The van der Waals surface area contributed by atoms with Crippen LogP contribution in [-0.4, -0.2) is 39.0 Å². The first kappa shape index (κ1) is 9.63. The topological polar surface area (TPSA) is 92.1 Å². The molecule has 0 aromatic carbocycles. The monoisotopic (exact) mass is 210 g/mol. The van der Waals surface area contributed by atoms with E-state index in [4.69, 9.17) is 0 Å². The summed E-state index contributed by atoms with van der Waals surface area (Å²) in [5, 5.41) is 16.4. The molecule has 1 N–H and O–H groups in total. The lowest BCUT2D eigenvalue weighted by Crippen LogP contribution is -2.48. The van der Waals surface area contributed by atoms with Gasteiger partial charge in [-0.2, -0.15) is 5.10 Å².